The van der Waals surface area contributed by atoms with Gasteiger partial charge >= 0.3 is 0 Å². The lowest BCUT2D eigenvalue weighted by atomic mass is 10.0. The van der Waals surface area contributed by atoms with E-state index in [1.165, 1.54) is 0 Å². The van der Waals surface area contributed by atoms with Gasteiger partial charge in [-0.05, 0) is 24.5 Å². The molecule has 1 aromatic carbocycles. The number of rotatable bonds is 6. The fourth-order valence-electron chi connectivity index (χ4n) is 1.87. The summed E-state index contributed by atoms with van der Waals surface area (Å²) < 4.78 is 10.6. The number of hydrogen-bond acceptors (Lipinski definition) is 3. The van der Waals surface area contributed by atoms with E-state index >= 15 is 0 Å². The van der Waals surface area contributed by atoms with Crippen molar-refractivity contribution in [1.82, 2.24) is 0 Å². The van der Waals surface area contributed by atoms with E-state index in [-0.39, 0.29) is 0 Å². The lowest BCUT2D eigenvalue weighted by Crippen LogP contribution is -2.24. The summed E-state index contributed by atoms with van der Waals surface area (Å²) in [6, 6.07) is 6.24. The summed E-state index contributed by atoms with van der Waals surface area (Å²) in [5.74, 6) is 2.27. The lowest BCUT2D eigenvalue weighted by molar-refractivity contribution is 0.403. The number of anilines is 1. The largest absolute Gasteiger partial charge is 0.497 e. The Morgan fingerprint density at radius 1 is 1.18 bits per heavy atom. The second kappa shape index (κ2) is 6.38. The highest BCUT2D eigenvalue weighted by molar-refractivity contribution is 5.60. The van der Waals surface area contributed by atoms with Crippen LogP contribution in [0.1, 0.15) is 27.2 Å². The van der Waals surface area contributed by atoms with Crippen LogP contribution in [0, 0.1) is 5.92 Å². The zero-order chi connectivity index (χ0) is 12.8. The van der Waals surface area contributed by atoms with Crippen LogP contribution in [0.5, 0.6) is 11.5 Å². The summed E-state index contributed by atoms with van der Waals surface area (Å²) in [5, 5.41) is 3.52. The molecule has 17 heavy (non-hydrogen) atoms. The van der Waals surface area contributed by atoms with Gasteiger partial charge < -0.3 is 14.8 Å². The minimum atomic E-state index is 0.441. The van der Waals surface area contributed by atoms with E-state index in [4.69, 9.17) is 9.47 Å². The van der Waals surface area contributed by atoms with Gasteiger partial charge in [-0.1, -0.05) is 20.8 Å². The Balaban J connectivity index is 2.93. The molecule has 0 radical (unpaired) electrons. The van der Waals surface area contributed by atoms with E-state index in [2.05, 4.69) is 26.1 Å². The van der Waals surface area contributed by atoms with Gasteiger partial charge in [0.15, 0.2) is 0 Å². The monoisotopic (exact) mass is 237 g/mol. The summed E-state index contributed by atoms with van der Waals surface area (Å²) in [4.78, 5) is 0. The van der Waals surface area contributed by atoms with Crippen LogP contribution in [-0.2, 0) is 0 Å². The molecule has 0 aliphatic heterocycles. The van der Waals surface area contributed by atoms with Gasteiger partial charge in [-0.15, -0.1) is 0 Å². The fraction of sp³-hybridized carbons (Fsp3) is 0.571. The summed E-state index contributed by atoms with van der Waals surface area (Å²) in [6.07, 6.45) is 1.08. The van der Waals surface area contributed by atoms with Gasteiger partial charge in [0.05, 0.1) is 19.9 Å². The SMILES string of the molecule is CCC(Nc1cc(OC)ccc1OC)C(C)C. The van der Waals surface area contributed by atoms with E-state index in [0.717, 1.165) is 23.6 Å². The van der Waals surface area contributed by atoms with Crippen molar-refractivity contribution in [1.29, 1.82) is 0 Å². The second-order valence-corrected chi connectivity index (χ2v) is 4.47. The van der Waals surface area contributed by atoms with Crippen LogP contribution in [0.2, 0.25) is 0 Å². The molecule has 0 saturated heterocycles. The summed E-state index contributed by atoms with van der Waals surface area (Å²) in [6.45, 7) is 6.62. The van der Waals surface area contributed by atoms with E-state index in [9.17, 15) is 0 Å². The molecule has 0 aliphatic carbocycles. The zero-order valence-corrected chi connectivity index (χ0v) is 11.4. The van der Waals surface area contributed by atoms with Gasteiger partial charge in [-0.2, -0.15) is 0 Å². The molecule has 0 fully saturated rings. The normalized spacial score (nSPS) is 12.4. The molecule has 3 heteroatoms. The van der Waals surface area contributed by atoms with Gasteiger partial charge in [-0.3, -0.25) is 0 Å². The van der Waals surface area contributed by atoms with Crippen LogP contribution in [-0.4, -0.2) is 20.3 Å². The smallest absolute Gasteiger partial charge is 0.142 e. The highest BCUT2D eigenvalue weighted by Crippen LogP contribution is 2.30. The van der Waals surface area contributed by atoms with Crippen molar-refractivity contribution in [3.63, 3.8) is 0 Å². The van der Waals surface area contributed by atoms with Crippen LogP contribution in [0.25, 0.3) is 0 Å². The minimum Gasteiger partial charge on any atom is -0.497 e. The van der Waals surface area contributed by atoms with E-state index in [1.807, 2.05) is 18.2 Å². The molecule has 96 valence electrons. The van der Waals surface area contributed by atoms with Gasteiger partial charge in [0.2, 0.25) is 0 Å². The Morgan fingerprint density at radius 3 is 2.35 bits per heavy atom. The third-order valence-electron chi connectivity index (χ3n) is 2.99. The van der Waals surface area contributed by atoms with Crippen molar-refractivity contribution in [3.8, 4) is 11.5 Å². The van der Waals surface area contributed by atoms with Crippen molar-refractivity contribution >= 4 is 5.69 Å². The summed E-state index contributed by atoms with van der Waals surface area (Å²) >= 11 is 0. The molecule has 1 unspecified atom stereocenters. The molecule has 3 nitrogen and oxygen atoms in total. The summed E-state index contributed by atoms with van der Waals surface area (Å²) in [5.41, 5.74) is 0.993. The first-order valence-electron chi connectivity index (χ1n) is 6.10. The van der Waals surface area contributed by atoms with Gasteiger partial charge in [0, 0.05) is 12.1 Å². The predicted octanol–water partition coefficient (Wildman–Crippen LogP) is 3.55. The maximum Gasteiger partial charge on any atom is 0.142 e. The van der Waals surface area contributed by atoms with Crippen molar-refractivity contribution in [2.75, 3.05) is 19.5 Å². The summed E-state index contributed by atoms with van der Waals surface area (Å²) in [7, 11) is 3.36. The minimum absolute atomic E-state index is 0.441. The Bertz CT molecular complexity index is 350. The molecular formula is C14H23NO2. The molecule has 1 rings (SSSR count). The highest BCUT2D eigenvalue weighted by Gasteiger charge is 2.13. The Hall–Kier alpha value is -1.38. The first-order chi connectivity index (χ1) is 8.12. The Morgan fingerprint density at radius 2 is 1.88 bits per heavy atom. The first kappa shape index (κ1) is 13.7. The highest BCUT2D eigenvalue weighted by atomic mass is 16.5. The van der Waals surface area contributed by atoms with Crippen molar-refractivity contribution < 1.29 is 9.47 Å². The molecule has 1 atom stereocenters. The fourth-order valence-corrected chi connectivity index (χ4v) is 1.87. The van der Waals surface area contributed by atoms with Crippen LogP contribution < -0.4 is 14.8 Å². The topological polar surface area (TPSA) is 30.5 Å². The maximum absolute atomic E-state index is 5.35. The zero-order valence-electron chi connectivity index (χ0n) is 11.4. The van der Waals surface area contributed by atoms with E-state index in [0.29, 0.717) is 12.0 Å². The Labute approximate surface area is 104 Å². The van der Waals surface area contributed by atoms with Gasteiger partial charge in [-0.25, -0.2) is 0 Å². The Kier molecular flexibility index (Phi) is 5.13. The quantitative estimate of drug-likeness (QED) is 0.820. The number of hydrogen-bond donors (Lipinski definition) is 1. The number of methoxy groups -OCH3 is 2. The van der Waals surface area contributed by atoms with Crippen molar-refractivity contribution in [2.24, 2.45) is 5.92 Å². The van der Waals surface area contributed by atoms with Gasteiger partial charge in [0.25, 0.3) is 0 Å². The van der Waals surface area contributed by atoms with Crippen LogP contribution >= 0.6 is 0 Å². The predicted molar refractivity (Wildman–Crippen MR) is 72.1 cm³/mol. The third-order valence-corrected chi connectivity index (χ3v) is 2.99. The third kappa shape index (κ3) is 3.55. The average Bonchev–Trinajstić information content (AvgIpc) is 2.35. The van der Waals surface area contributed by atoms with E-state index in [1.54, 1.807) is 14.2 Å². The molecule has 0 aliphatic rings. The van der Waals surface area contributed by atoms with E-state index < -0.39 is 0 Å². The number of ether oxygens (including phenoxy) is 2. The standard InChI is InChI=1S/C14H23NO2/c1-6-12(10(2)3)15-13-9-11(16-4)7-8-14(13)17-5/h7-10,12,15H,6H2,1-5H3. The molecule has 0 heterocycles. The molecule has 0 saturated carbocycles. The molecule has 1 aromatic rings. The van der Waals surface area contributed by atoms with Crippen LogP contribution in [0.4, 0.5) is 5.69 Å². The maximum atomic E-state index is 5.35. The molecule has 0 amide bonds. The van der Waals surface area contributed by atoms with Gasteiger partial charge in [0.1, 0.15) is 11.5 Å². The van der Waals surface area contributed by atoms with Crippen LogP contribution in [0.15, 0.2) is 18.2 Å². The molecular weight excluding hydrogens is 214 g/mol. The lowest BCUT2D eigenvalue weighted by Gasteiger charge is -2.23. The molecule has 0 aromatic heterocycles. The first-order valence-corrected chi connectivity index (χ1v) is 6.10. The number of benzene rings is 1. The van der Waals surface area contributed by atoms with Crippen molar-refractivity contribution in [2.45, 2.75) is 33.2 Å². The average molecular weight is 237 g/mol. The molecule has 0 bridgehead atoms. The molecule has 1 N–H and O–H groups in total. The van der Waals surface area contributed by atoms with Crippen molar-refractivity contribution in [3.05, 3.63) is 18.2 Å². The number of nitrogens with one attached hydrogen (secondary N) is 1. The molecule has 0 spiro atoms. The van der Waals surface area contributed by atoms with Crippen LogP contribution in [0.3, 0.4) is 0 Å². The second-order valence-electron chi connectivity index (χ2n) is 4.47.